The van der Waals surface area contributed by atoms with Gasteiger partial charge in [0.1, 0.15) is 22.5 Å². The van der Waals surface area contributed by atoms with Crippen LogP contribution >= 0.6 is 0 Å². The van der Waals surface area contributed by atoms with E-state index in [1.807, 2.05) is 6.07 Å². The van der Waals surface area contributed by atoms with Crippen molar-refractivity contribution in [2.24, 2.45) is 0 Å². The first-order chi connectivity index (χ1) is 14.8. The van der Waals surface area contributed by atoms with Gasteiger partial charge >= 0.3 is 6.03 Å². The van der Waals surface area contributed by atoms with E-state index in [4.69, 9.17) is 5.26 Å². The summed E-state index contributed by atoms with van der Waals surface area (Å²) in [6.45, 7) is 3.22. The lowest BCUT2D eigenvalue weighted by molar-refractivity contribution is 0.172. The number of anilines is 1. The van der Waals surface area contributed by atoms with Crippen LogP contribution < -0.4 is 10.6 Å². The van der Waals surface area contributed by atoms with Crippen molar-refractivity contribution in [2.75, 3.05) is 44.6 Å². The fourth-order valence-electron chi connectivity index (χ4n) is 3.20. The molecule has 11 heteroatoms. The third-order valence-corrected chi connectivity index (χ3v) is 6.81. The van der Waals surface area contributed by atoms with Gasteiger partial charge in [-0.25, -0.2) is 18.2 Å². The number of sulfonamides is 1. The van der Waals surface area contributed by atoms with Gasteiger partial charge in [0.05, 0.1) is 5.56 Å². The summed E-state index contributed by atoms with van der Waals surface area (Å²) in [6, 6.07) is 9.52. The minimum absolute atomic E-state index is 0.122. The summed E-state index contributed by atoms with van der Waals surface area (Å²) in [5, 5.41) is 24.8. The number of nitrogens with zero attached hydrogens (tertiary/aromatic N) is 4. The van der Waals surface area contributed by atoms with E-state index in [0.29, 0.717) is 24.5 Å². The van der Waals surface area contributed by atoms with Gasteiger partial charge in [-0.2, -0.15) is 9.57 Å². The number of hydrogen-bond acceptors (Lipinski definition) is 7. The van der Waals surface area contributed by atoms with E-state index in [1.165, 1.54) is 16.4 Å². The van der Waals surface area contributed by atoms with E-state index >= 15 is 0 Å². The van der Waals surface area contributed by atoms with Crippen molar-refractivity contribution in [3.05, 3.63) is 47.7 Å². The maximum Gasteiger partial charge on any atom is 0.317 e. The molecule has 0 aliphatic carbocycles. The van der Waals surface area contributed by atoms with Crippen molar-refractivity contribution < 1.29 is 18.3 Å². The van der Waals surface area contributed by atoms with Crippen molar-refractivity contribution in [3.8, 4) is 11.8 Å². The van der Waals surface area contributed by atoms with E-state index < -0.39 is 10.0 Å². The second-order valence-corrected chi connectivity index (χ2v) is 8.94. The summed E-state index contributed by atoms with van der Waals surface area (Å²) in [5.41, 5.74) is 1.15. The van der Waals surface area contributed by atoms with Crippen LogP contribution in [0.5, 0.6) is 5.75 Å². The van der Waals surface area contributed by atoms with Gasteiger partial charge in [-0.15, -0.1) is 0 Å². The molecular formula is C20H24N6O4S. The van der Waals surface area contributed by atoms with Crippen LogP contribution in [0.1, 0.15) is 11.1 Å². The van der Waals surface area contributed by atoms with Crippen LogP contribution in [0.25, 0.3) is 0 Å². The second-order valence-electron chi connectivity index (χ2n) is 7.03. The standard InChI is InChI=1S/C20H24N6O4S/c1-15-4-5-17(27)18(13-15)31(29,30)26-11-9-25(10-12-26)20(28)24-8-7-23-19-16(14-21)3-2-6-22-19/h2-6,13,27H,7-12H2,1H3,(H,22,23)(H,24,28). The fraction of sp³-hybridized carbons (Fsp3) is 0.350. The number of aromatic nitrogens is 1. The summed E-state index contributed by atoms with van der Waals surface area (Å²) in [6.07, 6.45) is 1.58. The molecule has 1 saturated heterocycles. The van der Waals surface area contributed by atoms with Crippen LogP contribution in [0.4, 0.5) is 10.6 Å². The maximum atomic E-state index is 12.8. The minimum atomic E-state index is -3.84. The lowest BCUT2D eigenvalue weighted by Crippen LogP contribution is -2.53. The number of phenolic OH excluding ortho intramolecular Hbond substituents is 1. The molecule has 0 bridgehead atoms. The van der Waals surface area contributed by atoms with Crippen molar-refractivity contribution >= 4 is 21.9 Å². The van der Waals surface area contributed by atoms with Gasteiger partial charge < -0.3 is 20.6 Å². The number of pyridine rings is 1. The molecule has 3 N–H and O–H groups in total. The fourth-order valence-corrected chi connectivity index (χ4v) is 4.79. The molecule has 1 fully saturated rings. The highest BCUT2D eigenvalue weighted by Gasteiger charge is 2.31. The van der Waals surface area contributed by atoms with Crippen molar-refractivity contribution in [3.63, 3.8) is 0 Å². The van der Waals surface area contributed by atoms with Gasteiger partial charge in [0.2, 0.25) is 10.0 Å². The number of carbonyl (C=O) groups is 1. The average molecular weight is 445 g/mol. The molecule has 10 nitrogen and oxygen atoms in total. The number of benzene rings is 1. The highest BCUT2D eigenvalue weighted by atomic mass is 32.2. The number of amides is 2. The third kappa shape index (κ3) is 5.22. The molecule has 2 heterocycles. The Morgan fingerprint density at radius 1 is 1.23 bits per heavy atom. The number of nitrogens with one attached hydrogen (secondary N) is 2. The molecule has 0 spiro atoms. The third-order valence-electron chi connectivity index (χ3n) is 4.88. The molecule has 0 unspecified atom stereocenters. The van der Waals surface area contributed by atoms with Crippen molar-refractivity contribution in [2.45, 2.75) is 11.8 Å². The number of piperazine rings is 1. The molecule has 1 aliphatic heterocycles. The van der Waals surface area contributed by atoms with Crippen LogP contribution in [0.15, 0.2) is 41.4 Å². The van der Waals surface area contributed by atoms with E-state index in [1.54, 1.807) is 36.2 Å². The number of rotatable bonds is 6. The van der Waals surface area contributed by atoms with Gasteiger partial charge in [-0.1, -0.05) is 6.07 Å². The van der Waals surface area contributed by atoms with Crippen LogP contribution in [-0.4, -0.2) is 73.0 Å². The molecule has 2 amide bonds. The summed E-state index contributed by atoms with van der Waals surface area (Å²) in [7, 11) is -3.84. The van der Waals surface area contributed by atoms with Crippen LogP contribution in [0.3, 0.4) is 0 Å². The summed E-state index contributed by atoms with van der Waals surface area (Å²) < 4.78 is 27.0. The Labute approximate surface area is 181 Å². The highest BCUT2D eigenvalue weighted by Crippen LogP contribution is 2.27. The van der Waals surface area contributed by atoms with Gasteiger partial charge in [0, 0.05) is 45.5 Å². The average Bonchev–Trinajstić information content (AvgIpc) is 2.78. The predicted octanol–water partition coefficient (Wildman–Crippen LogP) is 1.10. The first kappa shape index (κ1) is 22.3. The lowest BCUT2D eigenvalue weighted by Gasteiger charge is -2.34. The van der Waals surface area contributed by atoms with Crippen LogP contribution in [-0.2, 0) is 10.0 Å². The molecule has 0 radical (unpaired) electrons. The molecule has 2 aromatic rings. The zero-order valence-corrected chi connectivity index (χ0v) is 17.9. The normalized spacial score (nSPS) is 14.6. The van der Waals surface area contributed by atoms with Crippen molar-refractivity contribution in [1.29, 1.82) is 5.26 Å². The number of hydrogen-bond donors (Lipinski definition) is 3. The summed E-state index contributed by atoms with van der Waals surface area (Å²) in [4.78, 5) is 17.9. The van der Waals surface area contributed by atoms with Crippen LogP contribution in [0, 0.1) is 18.3 Å². The number of carbonyl (C=O) groups excluding carboxylic acids is 1. The SMILES string of the molecule is Cc1ccc(O)c(S(=O)(=O)N2CCN(C(=O)NCCNc3ncccc3C#N)CC2)c1. The number of urea groups is 1. The molecule has 164 valence electrons. The topological polar surface area (TPSA) is 139 Å². The van der Waals surface area contributed by atoms with Gasteiger partial charge in [0.15, 0.2) is 0 Å². The number of aromatic hydroxyl groups is 1. The largest absolute Gasteiger partial charge is 0.507 e. The summed E-state index contributed by atoms with van der Waals surface area (Å²) in [5.74, 6) is 0.170. The quantitative estimate of drug-likeness (QED) is 0.567. The molecule has 0 saturated carbocycles. The van der Waals surface area contributed by atoms with Crippen LogP contribution in [0.2, 0.25) is 0 Å². The summed E-state index contributed by atoms with van der Waals surface area (Å²) >= 11 is 0. The first-order valence-corrected chi connectivity index (χ1v) is 11.2. The Morgan fingerprint density at radius 2 is 1.97 bits per heavy atom. The van der Waals surface area contributed by atoms with E-state index in [2.05, 4.69) is 15.6 Å². The molecule has 1 aliphatic rings. The molecular weight excluding hydrogens is 420 g/mol. The molecule has 3 rings (SSSR count). The number of phenols is 1. The van der Waals surface area contributed by atoms with E-state index in [0.717, 1.165) is 5.56 Å². The van der Waals surface area contributed by atoms with E-state index in [-0.39, 0.29) is 42.9 Å². The Balaban J connectivity index is 1.48. The zero-order valence-electron chi connectivity index (χ0n) is 17.1. The van der Waals surface area contributed by atoms with Gasteiger partial charge in [-0.05, 0) is 36.8 Å². The second kappa shape index (κ2) is 9.63. The highest BCUT2D eigenvalue weighted by molar-refractivity contribution is 7.89. The number of nitriles is 1. The predicted molar refractivity (Wildman–Crippen MR) is 114 cm³/mol. The first-order valence-electron chi connectivity index (χ1n) is 9.74. The Hall–Kier alpha value is -3.36. The zero-order chi connectivity index (χ0) is 22.4. The Bertz CT molecular complexity index is 1090. The maximum absolute atomic E-state index is 12.8. The molecule has 0 atom stereocenters. The molecule has 1 aromatic carbocycles. The van der Waals surface area contributed by atoms with E-state index in [9.17, 15) is 18.3 Å². The molecule has 1 aromatic heterocycles. The monoisotopic (exact) mass is 444 g/mol. The molecule has 31 heavy (non-hydrogen) atoms. The van der Waals surface area contributed by atoms with Gasteiger partial charge in [-0.3, -0.25) is 0 Å². The van der Waals surface area contributed by atoms with Gasteiger partial charge in [0.25, 0.3) is 0 Å². The Morgan fingerprint density at radius 3 is 2.68 bits per heavy atom. The number of aryl methyl sites for hydroxylation is 1. The minimum Gasteiger partial charge on any atom is -0.507 e. The Kier molecular flexibility index (Phi) is 6.94. The van der Waals surface area contributed by atoms with Crippen molar-refractivity contribution in [1.82, 2.24) is 19.5 Å². The lowest BCUT2D eigenvalue weighted by atomic mass is 10.2. The smallest absolute Gasteiger partial charge is 0.317 e.